The van der Waals surface area contributed by atoms with Crippen molar-refractivity contribution in [3.63, 3.8) is 0 Å². The van der Waals surface area contributed by atoms with Gasteiger partial charge in [0, 0.05) is 18.3 Å². The summed E-state index contributed by atoms with van der Waals surface area (Å²) in [5, 5.41) is 7.25. The van der Waals surface area contributed by atoms with Crippen molar-refractivity contribution < 1.29 is 9.53 Å². The van der Waals surface area contributed by atoms with Crippen molar-refractivity contribution in [3.05, 3.63) is 65.4 Å². The number of hydrogen-bond acceptors (Lipinski definition) is 3. The Balaban J connectivity index is 1.76. The minimum atomic E-state index is -0.238. The second kappa shape index (κ2) is 7.66. The molecule has 1 aromatic heterocycles. The van der Waals surface area contributed by atoms with E-state index in [1.54, 1.807) is 4.68 Å². The normalized spacial score (nSPS) is 10.9. The maximum Gasteiger partial charge on any atom is 0.276 e. The second-order valence-corrected chi connectivity index (χ2v) is 6.98. The number of ether oxygens (including phenoxy) is 1. The highest BCUT2D eigenvalue weighted by molar-refractivity contribution is 6.03. The Morgan fingerprint density at radius 3 is 2.37 bits per heavy atom. The predicted molar refractivity (Wildman–Crippen MR) is 108 cm³/mol. The Labute approximate surface area is 160 Å². The summed E-state index contributed by atoms with van der Waals surface area (Å²) in [4.78, 5) is 12.6. The quantitative estimate of drug-likeness (QED) is 0.712. The Kier molecular flexibility index (Phi) is 5.31. The topological polar surface area (TPSA) is 56.1 Å². The van der Waals surface area contributed by atoms with Crippen molar-refractivity contribution in [1.29, 1.82) is 0 Å². The van der Waals surface area contributed by atoms with Gasteiger partial charge in [0.25, 0.3) is 5.91 Å². The van der Waals surface area contributed by atoms with Crippen LogP contribution in [0.25, 0.3) is 11.3 Å². The molecular formula is C22H25N3O2. The summed E-state index contributed by atoms with van der Waals surface area (Å²) in [7, 11) is 1.85. The maximum absolute atomic E-state index is 12.6. The molecule has 0 aliphatic carbocycles. The zero-order valence-corrected chi connectivity index (χ0v) is 16.4. The largest absolute Gasteiger partial charge is 0.491 e. The van der Waals surface area contributed by atoms with E-state index in [4.69, 9.17) is 4.74 Å². The summed E-state index contributed by atoms with van der Waals surface area (Å²) in [6, 6.07) is 15.4. The molecule has 1 N–H and O–H groups in total. The van der Waals surface area contributed by atoms with E-state index in [0.29, 0.717) is 11.4 Å². The number of anilines is 1. The number of aromatic nitrogens is 2. The lowest BCUT2D eigenvalue weighted by atomic mass is 10.0. The molecule has 140 valence electrons. The molecule has 2 aromatic carbocycles. The smallest absolute Gasteiger partial charge is 0.276 e. The third-order valence-electron chi connectivity index (χ3n) is 4.40. The molecular weight excluding hydrogens is 338 g/mol. The summed E-state index contributed by atoms with van der Waals surface area (Å²) < 4.78 is 7.35. The number of nitrogens with zero attached hydrogens (tertiary/aromatic N) is 2. The van der Waals surface area contributed by atoms with Crippen LogP contribution in [-0.2, 0) is 7.05 Å². The Bertz CT molecular complexity index is 956. The molecule has 3 rings (SSSR count). The van der Waals surface area contributed by atoms with Crippen LogP contribution >= 0.6 is 0 Å². The standard InChI is InChI=1S/C22H25N3O2/c1-14(2)27-19-10-8-18(9-11-19)23-22(26)20-13-21(25(5)24-20)17-7-6-15(3)16(4)12-17/h6-14H,1-5H3,(H,23,26). The van der Waals surface area contributed by atoms with Crippen molar-refractivity contribution in [3.8, 4) is 17.0 Å². The molecule has 1 amide bonds. The van der Waals surface area contributed by atoms with E-state index >= 15 is 0 Å². The highest BCUT2D eigenvalue weighted by Crippen LogP contribution is 2.23. The molecule has 0 spiro atoms. The Hall–Kier alpha value is -3.08. The molecule has 1 heterocycles. The first-order chi connectivity index (χ1) is 12.8. The van der Waals surface area contributed by atoms with Crippen LogP contribution in [0.2, 0.25) is 0 Å². The van der Waals surface area contributed by atoms with Crippen LogP contribution in [0.1, 0.15) is 35.5 Å². The first kappa shape index (κ1) is 18.7. The van der Waals surface area contributed by atoms with E-state index in [1.807, 2.05) is 51.2 Å². The van der Waals surface area contributed by atoms with E-state index < -0.39 is 0 Å². The van der Waals surface area contributed by atoms with Gasteiger partial charge in [-0.25, -0.2) is 0 Å². The van der Waals surface area contributed by atoms with Gasteiger partial charge in [-0.1, -0.05) is 12.1 Å². The van der Waals surface area contributed by atoms with E-state index in [2.05, 4.69) is 42.5 Å². The van der Waals surface area contributed by atoms with Gasteiger partial charge in [0.1, 0.15) is 5.75 Å². The lowest BCUT2D eigenvalue weighted by Gasteiger charge is -2.10. The number of rotatable bonds is 5. The van der Waals surface area contributed by atoms with E-state index in [9.17, 15) is 4.79 Å². The Morgan fingerprint density at radius 1 is 1.04 bits per heavy atom. The number of aryl methyl sites for hydroxylation is 3. The number of carbonyl (C=O) groups excluding carboxylic acids is 1. The van der Waals surface area contributed by atoms with Crippen LogP contribution in [0.15, 0.2) is 48.5 Å². The average molecular weight is 363 g/mol. The van der Waals surface area contributed by atoms with Crippen LogP contribution in [0.5, 0.6) is 5.75 Å². The molecule has 3 aromatic rings. The predicted octanol–water partition coefficient (Wildman–Crippen LogP) is 4.74. The fraction of sp³-hybridized carbons (Fsp3) is 0.273. The van der Waals surface area contributed by atoms with Crippen LogP contribution in [-0.4, -0.2) is 21.8 Å². The molecule has 5 nitrogen and oxygen atoms in total. The van der Waals surface area contributed by atoms with Gasteiger partial charge in [0.15, 0.2) is 5.69 Å². The molecule has 0 saturated carbocycles. The zero-order chi connectivity index (χ0) is 19.6. The number of hydrogen-bond donors (Lipinski definition) is 1. The third kappa shape index (κ3) is 4.37. The van der Waals surface area contributed by atoms with E-state index in [0.717, 1.165) is 17.0 Å². The van der Waals surface area contributed by atoms with Gasteiger partial charge in [-0.15, -0.1) is 0 Å². The van der Waals surface area contributed by atoms with Crippen molar-refractivity contribution in [1.82, 2.24) is 9.78 Å². The average Bonchev–Trinajstić information content (AvgIpc) is 3.00. The van der Waals surface area contributed by atoms with Crippen molar-refractivity contribution in [2.75, 3.05) is 5.32 Å². The fourth-order valence-corrected chi connectivity index (χ4v) is 2.83. The molecule has 0 aliphatic heterocycles. The SMILES string of the molecule is Cc1ccc(-c2cc(C(=O)Nc3ccc(OC(C)C)cc3)nn2C)cc1C. The maximum atomic E-state index is 12.6. The number of benzene rings is 2. The summed E-state index contributed by atoms with van der Waals surface area (Å²) in [5.41, 5.74) is 5.49. The summed E-state index contributed by atoms with van der Waals surface area (Å²) in [6.45, 7) is 8.11. The molecule has 0 aliphatic rings. The molecule has 0 radical (unpaired) electrons. The number of nitrogens with one attached hydrogen (secondary N) is 1. The number of carbonyl (C=O) groups is 1. The first-order valence-electron chi connectivity index (χ1n) is 9.03. The molecule has 0 fully saturated rings. The van der Waals surface area contributed by atoms with Crippen LogP contribution < -0.4 is 10.1 Å². The van der Waals surface area contributed by atoms with Crippen molar-refractivity contribution in [2.24, 2.45) is 7.05 Å². The summed E-state index contributed by atoms with van der Waals surface area (Å²) in [5.74, 6) is 0.538. The zero-order valence-electron chi connectivity index (χ0n) is 16.4. The minimum Gasteiger partial charge on any atom is -0.491 e. The molecule has 0 saturated heterocycles. The van der Waals surface area contributed by atoms with Gasteiger partial charge >= 0.3 is 0 Å². The van der Waals surface area contributed by atoms with Gasteiger partial charge in [-0.2, -0.15) is 5.10 Å². The second-order valence-electron chi connectivity index (χ2n) is 6.98. The highest BCUT2D eigenvalue weighted by Gasteiger charge is 2.14. The first-order valence-corrected chi connectivity index (χ1v) is 9.03. The van der Waals surface area contributed by atoms with Gasteiger partial charge in [0.05, 0.1) is 11.8 Å². The monoisotopic (exact) mass is 363 g/mol. The van der Waals surface area contributed by atoms with Gasteiger partial charge in [-0.3, -0.25) is 9.48 Å². The lowest BCUT2D eigenvalue weighted by Crippen LogP contribution is -2.13. The van der Waals surface area contributed by atoms with E-state index in [1.165, 1.54) is 11.1 Å². The van der Waals surface area contributed by atoms with Crippen LogP contribution in [0, 0.1) is 13.8 Å². The van der Waals surface area contributed by atoms with Crippen LogP contribution in [0.3, 0.4) is 0 Å². The van der Waals surface area contributed by atoms with E-state index in [-0.39, 0.29) is 12.0 Å². The molecule has 0 bridgehead atoms. The minimum absolute atomic E-state index is 0.114. The lowest BCUT2D eigenvalue weighted by molar-refractivity contribution is 0.102. The fourth-order valence-electron chi connectivity index (χ4n) is 2.83. The highest BCUT2D eigenvalue weighted by atomic mass is 16.5. The Morgan fingerprint density at radius 2 is 1.74 bits per heavy atom. The third-order valence-corrected chi connectivity index (χ3v) is 4.40. The number of amides is 1. The molecule has 5 heteroatoms. The van der Waals surface area contributed by atoms with Gasteiger partial charge < -0.3 is 10.1 Å². The molecule has 0 atom stereocenters. The van der Waals surface area contributed by atoms with Crippen LogP contribution in [0.4, 0.5) is 5.69 Å². The summed E-state index contributed by atoms with van der Waals surface area (Å²) in [6.07, 6.45) is 0.114. The van der Waals surface area contributed by atoms with Gasteiger partial charge in [0.2, 0.25) is 0 Å². The summed E-state index contributed by atoms with van der Waals surface area (Å²) >= 11 is 0. The van der Waals surface area contributed by atoms with Crippen molar-refractivity contribution >= 4 is 11.6 Å². The molecule has 27 heavy (non-hydrogen) atoms. The van der Waals surface area contributed by atoms with Crippen molar-refractivity contribution in [2.45, 2.75) is 33.8 Å². The molecule has 0 unspecified atom stereocenters. The van der Waals surface area contributed by atoms with Gasteiger partial charge in [-0.05, 0) is 75.2 Å².